The Hall–Kier alpha value is -3.41. The summed E-state index contributed by atoms with van der Waals surface area (Å²) in [5.41, 5.74) is 3.07. The average molecular weight is 389 g/mol. The smallest absolute Gasteiger partial charge is 0.274 e. The summed E-state index contributed by atoms with van der Waals surface area (Å²) >= 11 is 0. The van der Waals surface area contributed by atoms with Crippen molar-refractivity contribution in [1.82, 2.24) is 15.8 Å². The van der Waals surface area contributed by atoms with E-state index in [1.165, 1.54) is 0 Å². The van der Waals surface area contributed by atoms with Crippen LogP contribution in [0.2, 0.25) is 0 Å². The molecule has 0 aliphatic heterocycles. The molecule has 1 fully saturated rings. The summed E-state index contributed by atoms with van der Waals surface area (Å²) in [5, 5.41) is 9.68. The number of benzene rings is 2. The molecule has 148 valence electrons. The predicted octanol–water partition coefficient (Wildman–Crippen LogP) is 3.27. The summed E-state index contributed by atoms with van der Waals surface area (Å²) < 4.78 is 5.35. The topological polar surface area (TPSA) is 84.2 Å². The second-order valence-electron chi connectivity index (χ2n) is 7.44. The van der Waals surface area contributed by atoms with Crippen LogP contribution in [0.3, 0.4) is 0 Å². The minimum Gasteiger partial charge on any atom is -0.355 e. The normalized spacial score (nSPS) is 14.2. The van der Waals surface area contributed by atoms with Gasteiger partial charge in [-0.05, 0) is 31.4 Å². The average Bonchev–Trinajstić information content (AvgIpc) is 3.39. The molecular formula is C23H23N3O3. The first kappa shape index (κ1) is 18.9. The molecule has 0 unspecified atom stereocenters. The predicted molar refractivity (Wildman–Crippen MR) is 109 cm³/mol. The fourth-order valence-corrected chi connectivity index (χ4v) is 3.14. The van der Waals surface area contributed by atoms with Crippen LogP contribution in [-0.4, -0.2) is 29.1 Å². The first-order valence-electron chi connectivity index (χ1n) is 9.77. The van der Waals surface area contributed by atoms with Gasteiger partial charge >= 0.3 is 0 Å². The molecule has 6 nitrogen and oxygen atoms in total. The number of nitrogens with zero attached hydrogens (tertiary/aromatic N) is 1. The second-order valence-corrected chi connectivity index (χ2v) is 7.44. The van der Waals surface area contributed by atoms with Crippen molar-refractivity contribution in [2.45, 2.75) is 38.3 Å². The van der Waals surface area contributed by atoms with Crippen LogP contribution in [0.15, 0.2) is 65.2 Å². The van der Waals surface area contributed by atoms with Crippen molar-refractivity contribution in [3.8, 4) is 11.3 Å². The minimum absolute atomic E-state index is 0.152. The molecule has 0 radical (unpaired) electrons. The van der Waals surface area contributed by atoms with Crippen molar-refractivity contribution in [2.24, 2.45) is 0 Å². The zero-order valence-electron chi connectivity index (χ0n) is 16.2. The molecule has 0 bridgehead atoms. The molecule has 1 saturated carbocycles. The molecule has 3 aromatic rings. The Labute approximate surface area is 169 Å². The van der Waals surface area contributed by atoms with E-state index in [9.17, 15) is 9.59 Å². The van der Waals surface area contributed by atoms with Crippen LogP contribution >= 0.6 is 0 Å². The van der Waals surface area contributed by atoms with Crippen LogP contribution in [0.25, 0.3) is 11.3 Å². The summed E-state index contributed by atoms with van der Waals surface area (Å²) in [6.07, 6.45) is 2.38. The van der Waals surface area contributed by atoms with Crippen molar-refractivity contribution in [3.05, 3.63) is 77.5 Å². The van der Waals surface area contributed by atoms with Crippen LogP contribution in [0.4, 0.5) is 0 Å². The molecule has 1 atom stereocenters. The molecule has 2 N–H and O–H groups in total. The van der Waals surface area contributed by atoms with E-state index in [-0.39, 0.29) is 17.6 Å². The second kappa shape index (κ2) is 8.31. The van der Waals surface area contributed by atoms with Gasteiger partial charge in [0.05, 0.1) is 0 Å². The van der Waals surface area contributed by atoms with E-state index in [0.717, 1.165) is 29.5 Å². The van der Waals surface area contributed by atoms with Crippen molar-refractivity contribution in [2.75, 3.05) is 0 Å². The maximum Gasteiger partial charge on any atom is 0.274 e. The SMILES string of the molecule is Cc1cccc(-c2cc(C(=O)N[C@@H](Cc3ccccc3)C(=O)NC3CC3)no2)c1. The van der Waals surface area contributed by atoms with E-state index < -0.39 is 11.9 Å². The van der Waals surface area contributed by atoms with Gasteiger partial charge in [0, 0.05) is 24.1 Å². The molecule has 29 heavy (non-hydrogen) atoms. The number of aromatic nitrogens is 1. The Bertz CT molecular complexity index is 1010. The molecule has 4 rings (SSSR count). The van der Waals surface area contributed by atoms with Gasteiger partial charge in [0.1, 0.15) is 6.04 Å². The van der Waals surface area contributed by atoms with Crippen LogP contribution in [-0.2, 0) is 11.2 Å². The fraction of sp³-hybridized carbons (Fsp3) is 0.261. The van der Waals surface area contributed by atoms with Gasteiger partial charge in [-0.15, -0.1) is 0 Å². The fourth-order valence-electron chi connectivity index (χ4n) is 3.14. The largest absolute Gasteiger partial charge is 0.355 e. The highest BCUT2D eigenvalue weighted by atomic mass is 16.5. The summed E-state index contributed by atoms with van der Waals surface area (Å²) in [5.74, 6) is -0.0903. The Kier molecular flexibility index (Phi) is 5.42. The summed E-state index contributed by atoms with van der Waals surface area (Å²) in [6.45, 7) is 1.99. The van der Waals surface area contributed by atoms with Gasteiger partial charge in [0.25, 0.3) is 5.91 Å². The number of hydrogen-bond donors (Lipinski definition) is 2. The lowest BCUT2D eigenvalue weighted by Crippen LogP contribution is -2.48. The van der Waals surface area contributed by atoms with Gasteiger partial charge < -0.3 is 15.2 Å². The van der Waals surface area contributed by atoms with E-state index >= 15 is 0 Å². The molecule has 0 saturated heterocycles. The number of nitrogens with one attached hydrogen (secondary N) is 2. The highest BCUT2D eigenvalue weighted by Gasteiger charge is 2.29. The van der Waals surface area contributed by atoms with E-state index in [0.29, 0.717) is 12.2 Å². The minimum atomic E-state index is -0.676. The molecule has 2 aromatic carbocycles. The maximum absolute atomic E-state index is 12.7. The van der Waals surface area contributed by atoms with Crippen LogP contribution in [0.1, 0.15) is 34.5 Å². The molecule has 6 heteroatoms. The van der Waals surface area contributed by atoms with Crippen LogP contribution < -0.4 is 10.6 Å². The third-order valence-electron chi connectivity index (χ3n) is 4.87. The number of carbonyl (C=O) groups excluding carboxylic acids is 2. The van der Waals surface area contributed by atoms with Gasteiger partial charge in [-0.1, -0.05) is 59.3 Å². The Morgan fingerprint density at radius 2 is 1.90 bits per heavy atom. The van der Waals surface area contributed by atoms with E-state index in [2.05, 4.69) is 15.8 Å². The Morgan fingerprint density at radius 1 is 1.10 bits per heavy atom. The van der Waals surface area contributed by atoms with Crippen LogP contribution in [0.5, 0.6) is 0 Å². The molecule has 1 aliphatic rings. The van der Waals surface area contributed by atoms with Gasteiger partial charge in [-0.3, -0.25) is 9.59 Å². The number of amides is 2. The quantitative estimate of drug-likeness (QED) is 0.650. The lowest BCUT2D eigenvalue weighted by atomic mass is 10.0. The molecule has 1 aliphatic carbocycles. The van der Waals surface area contributed by atoms with Crippen molar-refractivity contribution < 1.29 is 14.1 Å². The van der Waals surface area contributed by atoms with Gasteiger partial charge in [0.15, 0.2) is 11.5 Å². The molecular weight excluding hydrogens is 366 g/mol. The standard InChI is InChI=1S/C23H23N3O3/c1-15-6-5-9-17(12-15)21-14-20(26-29-21)23(28)25-19(22(27)24-18-10-11-18)13-16-7-3-2-4-8-16/h2-9,12,14,18-19H,10-11,13H2,1H3,(H,24,27)(H,25,28)/t19-/m0/s1. The Balaban J connectivity index is 1.49. The van der Waals surface area contributed by atoms with Gasteiger partial charge in [-0.25, -0.2) is 0 Å². The molecule has 1 heterocycles. The van der Waals surface area contributed by atoms with Gasteiger partial charge in [0.2, 0.25) is 5.91 Å². The highest BCUT2D eigenvalue weighted by Crippen LogP contribution is 2.22. The third-order valence-corrected chi connectivity index (χ3v) is 4.87. The first-order chi connectivity index (χ1) is 14.1. The highest BCUT2D eigenvalue weighted by molar-refractivity contribution is 5.96. The maximum atomic E-state index is 12.7. The Morgan fingerprint density at radius 3 is 2.62 bits per heavy atom. The van der Waals surface area contributed by atoms with Crippen molar-refractivity contribution >= 4 is 11.8 Å². The van der Waals surface area contributed by atoms with E-state index in [4.69, 9.17) is 4.52 Å². The van der Waals surface area contributed by atoms with E-state index in [1.807, 2.05) is 61.5 Å². The lowest BCUT2D eigenvalue weighted by Gasteiger charge is -2.18. The zero-order chi connectivity index (χ0) is 20.2. The molecule has 2 amide bonds. The number of hydrogen-bond acceptors (Lipinski definition) is 4. The zero-order valence-corrected chi connectivity index (χ0v) is 16.2. The number of rotatable bonds is 7. The summed E-state index contributed by atoms with van der Waals surface area (Å²) in [4.78, 5) is 25.4. The van der Waals surface area contributed by atoms with Gasteiger partial charge in [-0.2, -0.15) is 0 Å². The lowest BCUT2D eigenvalue weighted by molar-refractivity contribution is -0.123. The monoisotopic (exact) mass is 389 g/mol. The molecule has 1 aromatic heterocycles. The number of carbonyl (C=O) groups is 2. The number of aryl methyl sites for hydroxylation is 1. The van der Waals surface area contributed by atoms with Crippen molar-refractivity contribution in [3.63, 3.8) is 0 Å². The first-order valence-corrected chi connectivity index (χ1v) is 9.77. The summed E-state index contributed by atoms with van der Waals surface area (Å²) in [7, 11) is 0. The van der Waals surface area contributed by atoms with Crippen LogP contribution in [0, 0.1) is 6.92 Å². The van der Waals surface area contributed by atoms with Crippen molar-refractivity contribution in [1.29, 1.82) is 0 Å². The molecule has 0 spiro atoms. The summed E-state index contributed by atoms with van der Waals surface area (Å²) in [6, 6.07) is 18.5. The van der Waals surface area contributed by atoms with E-state index in [1.54, 1.807) is 6.07 Å². The third kappa shape index (κ3) is 4.90.